The molecule has 8 nitrogen and oxygen atoms in total. The Kier molecular flexibility index (Phi) is 7.83. The van der Waals surface area contributed by atoms with Crippen LogP contribution in [0.2, 0.25) is 0 Å². The first-order valence-corrected chi connectivity index (χ1v) is 11.4. The second-order valence-corrected chi connectivity index (χ2v) is 9.23. The molecule has 0 bridgehead atoms. The first kappa shape index (κ1) is 24.8. The van der Waals surface area contributed by atoms with Crippen LogP contribution in [0.25, 0.3) is 10.2 Å². The molecule has 33 heavy (non-hydrogen) atoms. The first-order valence-electron chi connectivity index (χ1n) is 10.6. The molecule has 0 saturated heterocycles. The second-order valence-electron chi connectivity index (χ2n) is 8.23. The summed E-state index contributed by atoms with van der Waals surface area (Å²) in [6.07, 6.45) is 5.73. The summed E-state index contributed by atoms with van der Waals surface area (Å²) in [4.78, 5) is 21.8. The van der Waals surface area contributed by atoms with E-state index in [0.717, 1.165) is 36.6 Å². The average molecular weight is 478 g/mol. The molecule has 1 aliphatic rings. The van der Waals surface area contributed by atoms with Crippen LogP contribution in [0.3, 0.4) is 0 Å². The number of carbonyl (C=O) groups is 1. The van der Waals surface area contributed by atoms with E-state index in [4.69, 9.17) is 19.7 Å². The average Bonchev–Trinajstić information content (AvgIpc) is 3.36. The number of nitrogens with zero attached hydrogens (tertiary/aromatic N) is 2. The van der Waals surface area contributed by atoms with E-state index in [0.29, 0.717) is 27.0 Å². The molecule has 2 heterocycles. The zero-order valence-corrected chi connectivity index (χ0v) is 19.8. The zero-order valence-electron chi connectivity index (χ0n) is 19.0. The number of methoxy groups -OCH3 is 1. The molecular weight excluding hydrogens is 449 g/mol. The first-order chi connectivity index (χ1) is 15.6. The van der Waals surface area contributed by atoms with Gasteiger partial charge in [-0.3, -0.25) is 0 Å². The molecule has 1 aromatic carbocycles. The summed E-state index contributed by atoms with van der Waals surface area (Å²) in [6, 6.07) is 4.40. The summed E-state index contributed by atoms with van der Waals surface area (Å²) in [5.74, 6) is -1.26. The van der Waals surface area contributed by atoms with Crippen LogP contribution in [0.4, 0.5) is 15.9 Å². The van der Waals surface area contributed by atoms with Gasteiger partial charge in [-0.2, -0.15) is 0 Å². The lowest BCUT2D eigenvalue weighted by molar-refractivity contribution is -0.127. The van der Waals surface area contributed by atoms with Crippen LogP contribution >= 0.6 is 11.3 Å². The maximum absolute atomic E-state index is 13.8. The van der Waals surface area contributed by atoms with Gasteiger partial charge in [-0.25, -0.2) is 19.2 Å². The number of esters is 1. The number of aliphatic hydroxyl groups is 2. The highest BCUT2D eigenvalue weighted by atomic mass is 32.1. The number of benzene rings is 1. The molecule has 1 saturated carbocycles. The predicted octanol–water partition coefficient (Wildman–Crippen LogP) is 4.70. The number of hydrogen-bond donors (Lipinski definition) is 3. The van der Waals surface area contributed by atoms with Crippen molar-refractivity contribution in [3.05, 3.63) is 40.8 Å². The van der Waals surface area contributed by atoms with Crippen molar-refractivity contribution in [2.24, 2.45) is 0 Å². The Balaban J connectivity index is 0.000000555. The summed E-state index contributed by atoms with van der Waals surface area (Å²) >= 11 is 1.26. The Morgan fingerprint density at radius 3 is 2.55 bits per heavy atom. The minimum atomic E-state index is -1.50. The SMILES string of the molecule is CC(C)(O)O.COC(=O)c1sc2ncnc(Nc3ccc(F)cc3OC3CCCC3)c2c1C. The van der Waals surface area contributed by atoms with Gasteiger partial charge in [-0.15, -0.1) is 11.3 Å². The Labute approximate surface area is 195 Å². The smallest absolute Gasteiger partial charge is 0.348 e. The molecule has 0 atom stereocenters. The van der Waals surface area contributed by atoms with Crippen LogP contribution < -0.4 is 10.1 Å². The number of aryl methyl sites for hydroxylation is 1. The van der Waals surface area contributed by atoms with E-state index >= 15 is 0 Å². The summed E-state index contributed by atoms with van der Waals surface area (Å²) in [7, 11) is 1.35. The topological polar surface area (TPSA) is 114 Å². The van der Waals surface area contributed by atoms with Crippen LogP contribution in [0.1, 0.15) is 54.8 Å². The highest BCUT2D eigenvalue weighted by Crippen LogP contribution is 2.37. The van der Waals surface area contributed by atoms with Crippen LogP contribution in [0.5, 0.6) is 5.75 Å². The fraction of sp³-hybridized carbons (Fsp3) is 0.435. The molecule has 1 aliphatic carbocycles. The van der Waals surface area contributed by atoms with Crippen LogP contribution in [-0.4, -0.2) is 45.2 Å². The largest absolute Gasteiger partial charge is 0.488 e. The standard InChI is InChI=1S/C20H20FN3O3S.C3H8O2/c1-11-16-18(22-10-23-19(16)28-17(11)20(25)26-2)24-14-8-7-12(21)9-15(14)27-13-5-3-4-6-13;1-3(2,4)5/h7-10,13H,3-6H2,1-2H3,(H,22,23,24);4-5H,1-2H3. The van der Waals surface area contributed by atoms with Gasteiger partial charge in [0.2, 0.25) is 0 Å². The number of aromatic nitrogens is 2. The fourth-order valence-corrected chi connectivity index (χ4v) is 4.53. The molecule has 178 valence electrons. The molecule has 4 rings (SSSR count). The van der Waals surface area contributed by atoms with Crippen molar-refractivity contribution in [2.75, 3.05) is 12.4 Å². The molecule has 0 spiro atoms. The van der Waals surface area contributed by atoms with Crippen molar-refractivity contribution in [1.29, 1.82) is 0 Å². The van der Waals surface area contributed by atoms with Crippen LogP contribution in [0.15, 0.2) is 24.5 Å². The van der Waals surface area contributed by atoms with Gasteiger partial charge in [-0.05, 0) is 64.2 Å². The lowest BCUT2D eigenvalue weighted by Crippen LogP contribution is -2.15. The summed E-state index contributed by atoms with van der Waals surface area (Å²) in [6.45, 7) is 4.43. The molecule has 2 aromatic heterocycles. The van der Waals surface area contributed by atoms with Gasteiger partial charge in [0.1, 0.15) is 33.4 Å². The number of rotatable bonds is 5. The number of anilines is 2. The van der Waals surface area contributed by atoms with E-state index in [1.807, 2.05) is 6.92 Å². The third-order valence-corrected chi connectivity index (χ3v) is 6.07. The van der Waals surface area contributed by atoms with Gasteiger partial charge in [0.25, 0.3) is 0 Å². The van der Waals surface area contributed by atoms with Gasteiger partial charge in [-0.1, -0.05) is 0 Å². The van der Waals surface area contributed by atoms with E-state index in [2.05, 4.69) is 15.3 Å². The maximum atomic E-state index is 13.8. The van der Waals surface area contributed by atoms with E-state index in [1.54, 1.807) is 6.07 Å². The molecule has 0 unspecified atom stereocenters. The number of hydrogen-bond acceptors (Lipinski definition) is 9. The van der Waals surface area contributed by atoms with Crippen molar-refractivity contribution >= 4 is 39.0 Å². The molecule has 10 heteroatoms. The molecular formula is C23H28FN3O5S. The van der Waals surface area contributed by atoms with Crippen molar-refractivity contribution in [2.45, 2.75) is 58.3 Å². The minimum Gasteiger partial charge on any atom is -0.488 e. The number of fused-ring (bicyclic) bond motifs is 1. The van der Waals surface area contributed by atoms with E-state index in [-0.39, 0.29) is 11.9 Å². The summed E-state index contributed by atoms with van der Waals surface area (Å²) < 4.78 is 24.7. The van der Waals surface area contributed by atoms with Gasteiger partial charge in [0, 0.05) is 6.07 Å². The Morgan fingerprint density at radius 2 is 1.91 bits per heavy atom. The van der Waals surface area contributed by atoms with E-state index < -0.39 is 11.8 Å². The summed E-state index contributed by atoms with van der Waals surface area (Å²) in [5.41, 5.74) is 1.37. The lowest BCUT2D eigenvalue weighted by atomic mass is 10.2. The van der Waals surface area contributed by atoms with Gasteiger partial charge in [0.15, 0.2) is 5.79 Å². The van der Waals surface area contributed by atoms with Crippen LogP contribution in [0, 0.1) is 12.7 Å². The number of thiophene rings is 1. The Hall–Kier alpha value is -2.82. The summed E-state index contributed by atoms with van der Waals surface area (Å²) in [5, 5.41) is 20.1. The van der Waals surface area contributed by atoms with E-state index in [1.165, 1.54) is 50.8 Å². The number of carbonyl (C=O) groups excluding carboxylic acids is 1. The third kappa shape index (κ3) is 6.59. The second kappa shape index (κ2) is 10.4. The molecule has 0 aliphatic heterocycles. The van der Waals surface area contributed by atoms with Crippen molar-refractivity contribution in [3.8, 4) is 5.75 Å². The molecule has 3 N–H and O–H groups in total. The van der Waals surface area contributed by atoms with Gasteiger partial charge in [0.05, 0.1) is 24.3 Å². The van der Waals surface area contributed by atoms with Gasteiger partial charge < -0.3 is 25.0 Å². The minimum absolute atomic E-state index is 0.0987. The van der Waals surface area contributed by atoms with Crippen molar-refractivity contribution in [3.63, 3.8) is 0 Å². The van der Waals surface area contributed by atoms with Crippen molar-refractivity contribution < 1.29 is 28.9 Å². The van der Waals surface area contributed by atoms with Crippen LogP contribution in [-0.2, 0) is 4.74 Å². The molecule has 1 fully saturated rings. The predicted molar refractivity (Wildman–Crippen MR) is 125 cm³/mol. The molecule has 0 amide bonds. The highest BCUT2D eigenvalue weighted by molar-refractivity contribution is 7.20. The third-order valence-electron chi connectivity index (χ3n) is 4.89. The van der Waals surface area contributed by atoms with Gasteiger partial charge >= 0.3 is 5.97 Å². The van der Waals surface area contributed by atoms with Crippen molar-refractivity contribution in [1.82, 2.24) is 9.97 Å². The highest BCUT2D eigenvalue weighted by Gasteiger charge is 2.22. The monoisotopic (exact) mass is 477 g/mol. The molecule has 3 aromatic rings. The fourth-order valence-electron chi connectivity index (χ4n) is 3.46. The molecule has 0 radical (unpaired) electrons. The number of halogens is 1. The Bertz CT molecular complexity index is 1120. The van der Waals surface area contributed by atoms with E-state index in [9.17, 15) is 9.18 Å². The maximum Gasteiger partial charge on any atom is 0.348 e. The number of nitrogens with one attached hydrogen (secondary N) is 1. The zero-order chi connectivity index (χ0) is 24.2. The Morgan fingerprint density at radius 1 is 1.24 bits per heavy atom. The normalized spacial score (nSPS) is 14.0. The number of ether oxygens (including phenoxy) is 2. The quantitative estimate of drug-likeness (QED) is 0.358. The lowest BCUT2D eigenvalue weighted by Gasteiger charge is -2.17.